The summed E-state index contributed by atoms with van der Waals surface area (Å²) in [4.78, 5) is 31.1. The number of carboxylic acids is 1. The van der Waals surface area contributed by atoms with Gasteiger partial charge in [-0.3, -0.25) is 4.79 Å². The number of hydrogen-bond acceptors (Lipinski definition) is 5. The first-order chi connectivity index (χ1) is 9.93. The van der Waals surface area contributed by atoms with E-state index in [1.54, 1.807) is 12.1 Å². The highest BCUT2D eigenvalue weighted by Gasteiger charge is 2.40. The zero-order valence-electron chi connectivity index (χ0n) is 12.3. The lowest BCUT2D eigenvalue weighted by Crippen LogP contribution is -2.40. The molecule has 1 aliphatic rings. The standard InChI is InChI=1S/C14H19N3O4/c1-16(2)12-5-4-9(7-15-12)13(18)17-8-10(21-3)6-11(17)14(19)20/h4-5,7,10-11H,6,8H2,1-3H3,(H,19,20). The van der Waals surface area contributed by atoms with Crippen LogP contribution in [0.4, 0.5) is 5.82 Å². The van der Waals surface area contributed by atoms with Gasteiger partial charge < -0.3 is 19.6 Å². The molecule has 7 nitrogen and oxygen atoms in total. The van der Waals surface area contributed by atoms with Crippen molar-refractivity contribution in [3.05, 3.63) is 23.9 Å². The number of hydrogen-bond donors (Lipinski definition) is 1. The first kappa shape index (κ1) is 15.2. The predicted molar refractivity (Wildman–Crippen MR) is 76.4 cm³/mol. The number of aromatic nitrogens is 1. The molecule has 114 valence electrons. The first-order valence-electron chi connectivity index (χ1n) is 6.64. The Morgan fingerprint density at radius 2 is 2.14 bits per heavy atom. The molecule has 0 aromatic carbocycles. The highest BCUT2D eigenvalue weighted by molar-refractivity contribution is 5.97. The first-order valence-corrected chi connectivity index (χ1v) is 6.64. The average molecular weight is 293 g/mol. The van der Waals surface area contributed by atoms with Crippen LogP contribution in [0.3, 0.4) is 0 Å². The second-order valence-electron chi connectivity index (χ2n) is 5.20. The van der Waals surface area contributed by atoms with E-state index in [0.717, 1.165) is 5.82 Å². The second kappa shape index (κ2) is 6.09. The van der Waals surface area contributed by atoms with Crippen LogP contribution in [0.2, 0.25) is 0 Å². The third-order valence-corrected chi connectivity index (χ3v) is 3.59. The number of aliphatic carboxylic acids is 1. The van der Waals surface area contributed by atoms with Crippen LogP contribution < -0.4 is 4.90 Å². The molecule has 1 aromatic rings. The van der Waals surface area contributed by atoms with Crippen LogP contribution in [0.15, 0.2) is 18.3 Å². The number of pyridine rings is 1. The van der Waals surface area contributed by atoms with Gasteiger partial charge in [0, 0.05) is 40.4 Å². The molecule has 0 radical (unpaired) electrons. The van der Waals surface area contributed by atoms with E-state index in [1.165, 1.54) is 18.2 Å². The fourth-order valence-electron chi connectivity index (χ4n) is 2.37. The van der Waals surface area contributed by atoms with Crippen molar-refractivity contribution in [1.82, 2.24) is 9.88 Å². The smallest absolute Gasteiger partial charge is 0.326 e. The summed E-state index contributed by atoms with van der Waals surface area (Å²) in [6, 6.07) is 2.53. The van der Waals surface area contributed by atoms with Gasteiger partial charge in [-0.25, -0.2) is 9.78 Å². The van der Waals surface area contributed by atoms with E-state index in [4.69, 9.17) is 4.74 Å². The molecule has 2 heterocycles. The molecule has 0 spiro atoms. The van der Waals surface area contributed by atoms with Crippen LogP contribution in [-0.2, 0) is 9.53 Å². The number of ether oxygens (including phenoxy) is 1. The molecule has 0 aliphatic carbocycles. The number of likely N-dealkylation sites (tertiary alicyclic amines) is 1. The quantitative estimate of drug-likeness (QED) is 0.868. The molecule has 7 heteroatoms. The van der Waals surface area contributed by atoms with Crippen molar-refractivity contribution in [2.75, 3.05) is 32.6 Å². The van der Waals surface area contributed by atoms with Crippen LogP contribution in [0.5, 0.6) is 0 Å². The Hall–Kier alpha value is -2.15. The van der Waals surface area contributed by atoms with E-state index < -0.39 is 12.0 Å². The number of carboxylic acid groups (broad SMARTS) is 1. The van der Waals surface area contributed by atoms with Gasteiger partial charge in [-0.1, -0.05) is 0 Å². The molecule has 2 atom stereocenters. The molecule has 0 bridgehead atoms. The van der Waals surface area contributed by atoms with E-state index in [1.807, 2.05) is 19.0 Å². The zero-order valence-corrected chi connectivity index (χ0v) is 12.3. The van der Waals surface area contributed by atoms with E-state index in [9.17, 15) is 14.7 Å². The molecule has 1 saturated heterocycles. The molecule has 1 fully saturated rings. The van der Waals surface area contributed by atoms with E-state index in [2.05, 4.69) is 4.98 Å². The van der Waals surface area contributed by atoms with Crippen molar-refractivity contribution < 1.29 is 19.4 Å². The van der Waals surface area contributed by atoms with E-state index in [0.29, 0.717) is 12.0 Å². The van der Waals surface area contributed by atoms with Crippen LogP contribution in [0.25, 0.3) is 0 Å². The van der Waals surface area contributed by atoms with Crippen molar-refractivity contribution in [3.8, 4) is 0 Å². The van der Waals surface area contributed by atoms with Gasteiger partial charge in [-0.05, 0) is 12.1 Å². The summed E-state index contributed by atoms with van der Waals surface area (Å²) in [6.45, 7) is 0.279. The van der Waals surface area contributed by atoms with Gasteiger partial charge >= 0.3 is 5.97 Å². The molecule has 2 rings (SSSR count). The average Bonchev–Trinajstić information content (AvgIpc) is 2.91. The molecule has 2 unspecified atom stereocenters. The maximum Gasteiger partial charge on any atom is 0.326 e. The lowest BCUT2D eigenvalue weighted by Gasteiger charge is -2.21. The Morgan fingerprint density at radius 1 is 1.43 bits per heavy atom. The highest BCUT2D eigenvalue weighted by atomic mass is 16.5. The van der Waals surface area contributed by atoms with Crippen molar-refractivity contribution >= 4 is 17.7 Å². The Bertz CT molecular complexity index is 530. The highest BCUT2D eigenvalue weighted by Crippen LogP contribution is 2.23. The van der Waals surface area contributed by atoms with Crippen molar-refractivity contribution in [1.29, 1.82) is 0 Å². The Morgan fingerprint density at radius 3 is 2.62 bits per heavy atom. The van der Waals surface area contributed by atoms with Gasteiger partial charge in [0.05, 0.1) is 11.7 Å². The van der Waals surface area contributed by atoms with Crippen molar-refractivity contribution in [2.24, 2.45) is 0 Å². The minimum Gasteiger partial charge on any atom is -0.480 e. The Labute approximate surface area is 123 Å². The minimum absolute atomic E-state index is 0.246. The number of rotatable bonds is 4. The number of methoxy groups -OCH3 is 1. The SMILES string of the molecule is COC1CC(C(=O)O)N(C(=O)c2ccc(N(C)C)nc2)C1. The Kier molecular flexibility index (Phi) is 4.42. The summed E-state index contributed by atoms with van der Waals surface area (Å²) in [5, 5.41) is 9.24. The summed E-state index contributed by atoms with van der Waals surface area (Å²) in [5.41, 5.74) is 0.378. The number of anilines is 1. The molecule has 0 saturated carbocycles. The lowest BCUT2D eigenvalue weighted by molar-refractivity contribution is -0.141. The van der Waals surface area contributed by atoms with Gasteiger partial charge in [0.2, 0.25) is 0 Å². The molecule has 1 aromatic heterocycles. The molecule has 1 aliphatic heterocycles. The van der Waals surface area contributed by atoms with Crippen LogP contribution in [0.1, 0.15) is 16.8 Å². The molecular weight excluding hydrogens is 274 g/mol. The molecular formula is C14H19N3O4. The fraction of sp³-hybridized carbons (Fsp3) is 0.500. The van der Waals surface area contributed by atoms with Crippen LogP contribution >= 0.6 is 0 Å². The van der Waals surface area contributed by atoms with E-state index >= 15 is 0 Å². The monoisotopic (exact) mass is 293 g/mol. The lowest BCUT2D eigenvalue weighted by atomic mass is 10.2. The van der Waals surface area contributed by atoms with Gasteiger partial charge in [0.15, 0.2) is 0 Å². The van der Waals surface area contributed by atoms with Crippen LogP contribution in [-0.4, -0.2) is 66.8 Å². The number of nitrogens with zero attached hydrogens (tertiary/aromatic N) is 3. The maximum absolute atomic E-state index is 12.5. The Balaban J connectivity index is 2.19. The van der Waals surface area contributed by atoms with Gasteiger partial charge in [-0.15, -0.1) is 0 Å². The maximum atomic E-state index is 12.5. The minimum atomic E-state index is -1.01. The topological polar surface area (TPSA) is 83.0 Å². The summed E-state index contributed by atoms with van der Waals surface area (Å²) in [7, 11) is 5.23. The number of carbonyl (C=O) groups excluding carboxylic acids is 1. The van der Waals surface area contributed by atoms with Gasteiger partial charge in [0.1, 0.15) is 11.9 Å². The second-order valence-corrected chi connectivity index (χ2v) is 5.20. The molecule has 21 heavy (non-hydrogen) atoms. The van der Waals surface area contributed by atoms with Gasteiger partial charge in [-0.2, -0.15) is 0 Å². The summed E-state index contributed by atoms with van der Waals surface area (Å²) in [5.74, 6) is -0.613. The normalized spacial score (nSPS) is 21.4. The predicted octanol–water partition coefficient (Wildman–Crippen LogP) is 0.462. The fourth-order valence-corrected chi connectivity index (χ4v) is 2.37. The summed E-state index contributed by atoms with van der Waals surface area (Å²) >= 11 is 0. The molecule has 1 amide bonds. The van der Waals surface area contributed by atoms with Gasteiger partial charge in [0.25, 0.3) is 5.91 Å². The summed E-state index contributed by atoms with van der Waals surface area (Å²) in [6.07, 6.45) is 1.53. The third kappa shape index (κ3) is 3.13. The zero-order chi connectivity index (χ0) is 15.6. The summed E-state index contributed by atoms with van der Waals surface area (Å²) < 4.78 is 5.18. The van der Waals surface area contributed by atoms with Crippen molar-refractivity contribution in [3.63, 3.8) is 0 Å². The van der Waals surface area contributed by atoms with Crippen molar-refractivity contribution in [2.45, 2.75) is 18.6 Å². The largest absolute Gasteiger partial charge is 0.480 e. The molecule has 1 N–H and O–H groups in total. The number of carbonyl (C=O) groups is 2. The van der Waals surface area contributed by atoms with E-state index in [-0.39, 0.29) is 18.6 Å². The number of amides is 1. The van der Waals surface area contributed by atoms with Crippen LogP contribution in [0, 0.1) is 0 Å². The third-order valence-electron chi connectivity index (χ3n) is 3.59.